The van der Waals surface area contributed by atoms with Crippen molar-refractivity contribution in [3.8, 4) is 0 Å². The van der Waals surface area contributed by atoms with Crippen LogP contribution in [0.5, 0.6) is 0 Å². The molecule has 0 radical (unpaired) electrons. The normalized spacial score (nSPS) is 13.3. The van der Waals surface area contributed by atoms with Crippen LogP contribution >= 0.6 is 11.6 Å². The zero-order valence-corrected chi connectivity index (χ0v) is 17.7. The molecule has 0 aliphatic carbocycles. The van der Waals surface area contributed by atoms with Gasteiger partial charge < -0.3 is 0 Å². The number of halogens is 3. The minimum Gasteiger partial charge on any atom is -0.260 e. The van der Waals surface area contributed by atoms with E-state index in [-0.39, 0.29) is 23.5 Å². The van der Waals surface area contributed by atoms with Crippen LogP contribution in [0.4, 0.5) is 14.5 Å². The lowest BCUT2D eigenvalue weighted by Gasteiger charge is -2.31. The number of hydrogen-bond acceptors (Lipinski definition) is 4. The lowest BCUT2D eigenvalue weighted by Crippen LogP contribution is -2.39. The summed E-state index contributed by atoms with van der Waals surface area (Å²) >= 11 is 5.80. The molecule has 2 aromatic carbocycles. The smallest absolute Gasteiger partial charge is 0.260 e. The molecule has 0 aromatic heterocycles. The van der Waals surface area contributed by atoms with Crippen molar-refractivity contribution in [3.63, 3.8) is 0 Å². The number of hydrogen-bond donors (Lipinski definition) is 0. The third-order valence-corrected chi connectivity index (χ3v) is 7.28. The molecule has 0 heterocycles. The van der Waals surface area contributed by atoms with Crippen LogP contribution in [0.1, 0.15) is 19.8 Å². The lowest BCUT2D eigenvalue weighted by atomic mass is 10.2. The van der Waals surface area contributed by atoms with E-state index in [1.807, 2.05) is 0 Å². The minimum absolute atomic E-state index is 0.135. The molecule has 2 rings (SSSR count). The lowest BCUT2D eigenvalue weighted by molar-refractivity contribution is 0.554. The molecule has 28 heavy (non-hydrogen) atoms. The Morgan fingerprint density at radius 1 is 1.04 bits per heavy atom. The van der Waals surface area contributed by atoms with Crippen molar-refractivity contribution in [1.29, 1.82) is 0 Å². The van der Waals surface area contributed by atoms with Gasteiger partial charge in [0, 0.05) is 29.1 Å². The number of benzene rings is 2. The monoisotopic (exact) mass is 451 g/mol. The standard InChI is InChI=1S/C18H20ClF2NO4S2/c1-13(4-3-11-27(2,23)24)22(18-12-15(20)7-10-17(18)21)28(25,26)16-8-5-14(19)6-9-16/h5-10,12-13H,3-4,11H2,1-2H3. The van der Waals surface area contributed by atoms with Gasteiger partial charge in [0.25, 0.3) is 10.0 Å². The Morgan fingerprint density at radius 2 is 1.64 bits per heavy atom. The van der Waals surface area contributed by atoms with Crippen LogP contribution in [0.15, 0.2) is 47.4 Å². The summed E-state index contributed by atoms with van der Waals surface area (Å²) in [7, 11) is -7.49. The molecule has 1 unspecified atom stereocenters. The molecular weight excluding hydrogens is 432 g/mol. The van der Waals surface area contributed by atoms with E-state index in [2.05, 4.69) is 0 Å². The molecule has 0 amide bonds. The highest BCUT2D eigenvalue weighted by molar-refractivity contribution is 7.93. The average Bonchev–Trinajstić information content (AvgIpc) is 2.57. The predicted octanol–water partition coefficient (Wildman–Crippen LogP) is 4.03. The maximum Gasteiger partial charge on any atom is 0.264 e. The molecule has 0 N–H and O–H groups in total. The summed E-state index contributed by atoms with van der Waals surface area (Å²) in [5, 5.41) is 0.323. The first-order valence-electron chi connectivity index (χ1n) is 8.34. The highest BCUT2D eigenvalue weighted by Crippen LogP contribution is 2.31. The van der Waals surface area contributed by atoms with E-state index in [0.717, 1.165) is 28.8 Å². The van der Waals surface area contributed by atoms with Gasteiger partial charge in [0.05, 0.1) is 10.6 Å². The number of rotatable bonds is 8. The molecule has 5 nitrogen and oxygen atoms in total. The van der Waals surface area contributed by atoms with Gasteiger partial charge in [-0.15, -0.1) is 0 Å². The SMILES string of the molecule is CC(CCCS(C)(=O)=O)N(c1cc(F)ccc1F)S(=O)(=O)c1ccc(Cl)cc1. The van der Waals surface area contributed by atoms with Gasteiger partial charge in [-0.3, -0.25) is 4.31 Å². The Balaban J connectivity index is 2.49. The summed E-state index contributed by atoms with van der Waals surface area (Å²) in [5.41, 5.74) is -0.443. The van der Waals surface area contributed by atoms with Crippen LogP contribution in [-0.4, -0.2) is 34.9 Å². The Labute approximate surface area is 168 Å². The first-order chi connectivity index (χ1) is 12.9. The van der Waals surface area contributed by atoms with Crippen molar-refractivity contribution in [3.05, 3.63) is 59.1 Å². The Hall–Kier alpha value is -1.71. The first-order valence-corrected chi connectivity index (χ1v) is 12.2. The summed E-state index contributed by atoms with van der Waals surface area (Å²) in [6.07, 6.45) is 1.38. The molecule has 0 aliphatic rings. The molecule has 10 heteroatoms. The van der Waals surface area contributed by atoms with Gasteiger partial charge in [0.15, 0.2) is 0 Å². The fourth-order valence-corrected chi connectivity index (χ4v) is 5.24. The third kappa shape index (κ3) is 5.65. The van der Waals surface area contributed by atoms with Crippen molar-refractivity contribution in [2.45, 2.75) is 30.7 Å². The van der Waals surface area contributed by atoms with E-state index in [9.17, 15) is 25.6 Å². The van der Waals surface area contributed by atoms with Crippen molar-refractivity contribution in [2.24, 2.45) is 0 Å². The third-order valence-electron chi connectivity index (χ3n) is 4.05. The maximum absolute atomic E-state index is 14.4. The highest BCUT2D eigenvalue weighted by atomic mass is 35.5. The summed E-state index contributed by atoms with van der Waals surface area (Å²) in [5.74, 6) is -1.84. The van der Waals surface area contributed by atoms with Crippen LogP contribution in [0.2, 0.25) is 5.02 Å². The summed E-state index contributed by atoms with van der Waals surface area (Å²) < 4.78 is 78.0. The van der Waals surface area contributed by atoms with Crippen LogP contribution in [0, 0.1) is 11.6 Å². The summed E-state index contributed by atoms with van der Waals surface area (Å²) in [4.78, 5) is -0.143. The molecule has 0 saturated carbocycles. The quantitative estimate of drug-likeness (QED) is 0.607. The molecule has 154 valence electrons. The maximum atomic E-state index is 14.4. The molecule has 0 saturated heterocycles. The van der Waals surface area contributed by atoms with E-state index in [4.69, 9.17) is 11.6 Å². The van der Waals surface area contributed by atoms with Crippen LogP contribution < -0.4 is 4.31 Å². The number of sulfone groups is 1. The van der Waals surface area contributed by atoms with Crippen molar-refractivity contribution in [1.82, 2.24) is 0 Å². The van der Waals surface area contributed by atoms with Gasteiger partial charge in [-0.05, 0) is 56.2 Å². The minimum atomic E-state index is -4.26. The van der Waals surface area contributed by atoms with Gasteiger partial charge in [0.1, 0.15) is 21.5 Å². The molecule has 0 spiro atoms. The fraction of sp³-hybridized carbons (Fsp3) is 0.333. The van der Waals surface area contributed by atoms with E-state index in [1.165, 1.54) is 31.2 Å². The number of nitrogens with zero attached hydrogens (tertiary/aromatic N) is 1. The van der Waals surface area contributed by atoms with Crippen LogP contribution in [0.25, 0.3) is 0 Å². The number of anilines is 1. The molecule has 0 aliphatic heterocycles. The summed E-state index contributed by atoms with van der Waals surface area (Å²) in [6, 6.07) is 7.01. The summed E-state index contributed by atoms with van der Waals surface area (Å²) in [6.45, 7) is 1.51. The predicted molar refractivity (Wildman–Crippen MR) is 106 cm³/mol. The first kappa shape index (κ1) is 22.6. The van der Waals surface area contributed by atoms with E-state index < -0.39 is 43.2 Å². The Morgan fingerprint density at radius 3 is 2.21 bits per heavy atom. The second-order valence-corrected chi connectivity index (χ2v) is 11.0. The van der Waals surface area contributed by atoms with Gasteiger partial charge in [-0.2, -0.15) is 0 Å². The molecular formula is C18H20ClF2NO4S2. The van der Waals surface area contributed by atoms with Crippen LogP contribution in [-0.2, 0) is 19.9 Å². The van der Waals surface area contributed by atoms with E-state index >= 15 is 0 Å². The van der Waals surface area contributed by atoms with Gasteiger partial charge in [0.2, 0.25) is 0 Å². The number of sulfonamides is 1. The Bertz CT molecular complexity index is 1040. The molecule has 0 bridgehead atoms. The largest absolute Gasteiger partial charge is 0.264 e. The molecule has 2 aromatic rings. The Kier molecular flexibility index (Phi) is 7.06. The van der Waals surface area contributed by atoms with Gasteiger partial charge in [-0.1, -0.05) is 11.6 Å². The van der Waals surface area contributed by atoms with Crippen LogP contribution in [0.3, 0.4) is 0 Å². The topological polar surface area (TPSA) is 71.5 Å². The fourth-order valence-electron chi connectivity index (χ4n) is 2.74. The zero-order chi connectivity index (χ0) is 21.1. The average molecular weight is 452 g/mol. The second kappa shape index (κ2) is 8.75. The van der Waals surface area contributed by atoms with E-state index in [0.29, 0.717) is 5.02 Å². The zero-order valence-electron chi connectivity index (χ0n) is 15.3. The van der Waals surface area contributed by atoms with Gasteiger partial charge >= 0.3 is 0 Å². The highest BCUT2D eigenvalue weighted by Gasteiger charge is 2.31. The van der Waals surface area contributed by atoms with Crippen molar-refractivity contribution < 1.29 is 25.6 Å². The van der Waals surface area contributed by atoms with Crippen molar-refractivity contribution in [2.75, 3.05) is 16.3 Å². The van der Waals surface area contributed by atoms with E-state index in [1.54, 1.807) is 0 Å². The molecule has 0 fully saturated rings. The second-order valence-electron chi connectivity index (χ2n) is 6.47. The van der Waals surface area contributed by atoms with Crippen molar-refractivity contribution >= 4 is 37.1 Å². The van der Waals surface area contributed by atoms with Gasteiger partial charge in [-0.25, -0.2) is 25.6 Å². The molecule has 1 atom stereocenters.